The molecule has 3 rings (SSSR count). The smallest absolute Gasteiger partial charge is 0.145 e. The molecule has 0 bridgehead atoms. The van der Waals surface area contributed by atoms with Crippen LogP contribution in [0, 0.1) is 19.3 Å². The number of hydrogen-bond acceptors (Lipinski definition) is 4. The standard InChI is InChI=1S/C18H24N4O2/c1-10(2)24-6-5-22-9-15(23)16(17(22)19)18-20-13-7-11(3)12(4)8-14(13)21-18/h7-8,10,19,23H,5-6,9H2,1-4H3,(H,20,21). The van der Waals surface area contributed by atoms with Crippen LogP contribution in [-0.2, 0) is 4.74 Å². The van der Waals surface area contributed by atoms with Crippen molar-refractivity contribution in [3.05, 3.63) is 34.8 Å². The third kappa shape index (κ3) is 3.01. The molecule has 0 saturated heterocycles. The van der Waals surface area contributed by atoms with Crippen LogP contribution in [0.3, 0.4) is 0 Å². The summed E-state index contributed by atoms with van der Waals surface area (Å²) in [5.74, 6) is 1.01. The van der Waals surface area contributed by atoms with E-state index in [0.717, 1.165) is 11.0 Å². The van der Waals surface area contributed by atoms with E-state index in [1.54, 1.807) is 4.90 Å². The molecule has 0 spiro atoms. The minimum atomic E-state index is 0.157. The predicted molar refractivity (Wildman–Crippen MR) is 95.5 cm³/mol. The molecule has 0 unspecified atom stereocenters. The number of rotatable bonds is 5. The zero-order valence-electron chi connectivity index (χ0n) is 14.6. The summed E-state index contributed by atoms with van der Waals surface area (Å²) in [6, 6.07) is 4.07. The van der Waals surface area contributed by atoms with E-state index in [1.807, 2.05) is 32.9 Å². The van der Waals surface area contributed by atoms with Crippen LogP contribution in [0.25, 0.3) is 16.6 Å². The van der Waals surface area contributed by atoms with Crippen molar-refractivity contribution in [1.82, 2.24) is 14.9 Å². The lowest BCUT2D eigenvalue weighted by Crippen LogP contribution is -2.31. The van der Waals surface area contributed by atoms with Gasteiger partial charge in [-0.3, -0.25) is 5.41 Å². The lowest BCUT2D eigenvalue weighted by Gasteiger charge is -2.19. The highest BCUT2D eigenvalue weighted by molar-refractivity contribution is 6.23. The number of imidazole rings is 1. The molecule has 0 amide bonds. The Kier molecular flexibility index (Phi) is 4.32. The van der Waals surface area contributed by atoms with Crippen molar-refractivity contribution < 1.29 is 9.84 Å². The number of aromatic amines is 1. The summed E-state index contributed by atoms with van der Waals surface area (Å²) < 4.78 is 5.54. The first-order chi connectivity index (χ1) is 11.4. The van der Waals surface area contributed by atoms with E-state index >= 15 is 0 Å². The maximum atomic E-state index is 10.3. The topological polar surface area (TPSA) is 85.2 Å². The maximum Gasteiger partial charge on any atom is 0.145 e. The molecule has 24 heavy (non-hydrogen) atoms. The number of ether oxygens (including phenoxy) is 1. The van der Waals surface area contributed by atoms with Crippen molar-refractivity contribution >= 4 is 22.4 Å². The summed E-state index contributed by atoms with van der Waals surface area (Å²) in [6.07, 6.45) is 0.157. The molecule has 6 heteroatoms. The van der Waals surface area contributed by atoms with Crippen molar-refractivity contribution in [3.63, 3.8) is 0 Å². The second-order valence-electron chi connectivity index (χ2n) is 6.55. The predicted octanol–water partition coefficient (Wildman–Crippen LogP) is 3.17. The van der Waals surface area contributed by atoms with Gasteiger partial charge in [0.1, 0.15) is 17.4 Å². The molecule has 1 aliphatic rings. The van der Waals surface area contributed by atoms with Gasteiger partial charge in [0, 0.05) is 6.54 Å². The van der Waals surface area contributed by atoms with E-state index in [1.165, 1.54) is 11.1 Å². The molecule has 2 aromatic rings. The van der Waals surface area contributed by atoms with Crippen LogP contribution in [0.15, 0.2) is 17.9 Å². The van der Waals surface area contributed by atoms with Crippen LogP contribution >= 0.6 is 0 Å². The average molecular weight is 328 g/mol. The quantitative estimate of drug-likeness (QED) is 0.787. The Balaban J connectivity index is 1.83. The first kappa shape index (κ1) is 16.5. The van der Waals surface area contributed by atoms with E-state index in [9.17, 15) is 5.11 Å². The Hall–Kier alpha value is -2.34. The molecule has 0 radical (unpaired) electrons. The number of H-pyrrole nitrogens is 1. The van der Waals surface area contributed by atoms with Crippen LogP contribution in [0.5, 0.6) is 0 Å². The van der Waals surface area contributed by atoms with Crippen LogP contribution in [0.4, 0.5) is 0 Å². The molecule has 0 fully saturated rings. The maximum absolute atomic E-state index is 10.3. The molecule has 2 heterocycles. The fourth-order valence-corrected chi connectivity index (χ4v) is 2.86. The molecule has 0 aliphatic carbocycles. The number of aliphatic hydroxyl groups is 1. The Labute approximate surface area is 141 Å². The fourth-order valence-electron chi connectivity index (χ4n) is 2.86. The van der Waals surface area contributed by atoms with E-state index in [4.69, 9.17) is 10.1 Å². The van der Waals surface area contributed by atoms with Crippen LogP contribution in [0.1, 0.15) is 30.8 Å². The minimum Gasteiger partial charge on any atom is -0.510 e. The zero-order valence-corrected chi connectivity index (χ0v) is 14.6. The molecule has 1 aliphatic heterocycles. The van der Waals surface area contributed by atoms with Gasteiger partial charge in [0.25, 0.3) is 0 Å². The van der Waals surface area contributed by atoms with Gasteiger partial charge in [0.05, 0.1) is 35.9 Å². The summed E-state index contributed by atoms with van der Waals surface area (Å²) in [5, 5.41) is 18.7. The van der Waals surface area contributed by atoms with Crippen LogP contribution < -0.4 is 0 Å². The van der Waals surface area contributed by atoms with Gasteiger partial charge in [-0.15, -0.1) is 0 Å². The van der Waals surface area contributed by atoms with E-state index in [-0.39, 0.29) is 17.7 Å². The lowest BCUT2D eigenvalue weighted by molar-refractivity contribution is 0.0705. The first-order valence-corrected chi connectivity index (χ1v) is 8.21. The van der Waals surface area contributed by atoms with Gasteiger partial charge in [-0.05, 0) is 51.0 Å². The second-order valence-corrected chi connectivity index (χ2v) is 6.55. The SMILES string of the molecule is Cc1cc2nc(C3=C(O)CN(CCOC(C)C)C3=N)[nH]c2cc1C. The summed E-state index contributed by atoms with van der Waals surface area (Å²) in [6.45, 7) is 9.49. The highest BCUT2D eigenvalue weighted by atomic mass is 16.5. The number of benzene rings is 1. The molecule has 3 N–H and O–H groups in total. The molecule has 6 nitrogen and oxygen atoms in total. The summed E-state index contributed by atoms with van der Waals surface area (Å²) in [7, 11) is 0. The molecule has 0 atom stereocenters. The number of aromatic nitrogens is 2. The van der Waals surface area contributed by atoms with Gasteiger partial charge in [-0.2, -0.15) is 0 Å². The van der Waals surface area contributed by atoms with Crippen LogP contribution in [-0.4, -0.2) is 51.6 Å². The van der Waals surface area contributed by atoms with Gasteiger partial charge in [-0.1, -0.05) is 0 Å². The van der Waals surface area contributed by atoms with E-state index in [0.29, 0.717) is 31.1 Å². The van der Waals surface area contributed by atoms with Crippen molar-refractivity contribution in [2.45, 2.75) is 33.8 Å². The largest absolute Gasteiger partial charge is 0.510 e. The summed E-state index contributed by atoms with van der Waals surface area (Å²) >= 11 is 0. The van der Waals surface area contributed by atoms with Gasteiger partial charge in [0.15, 0.2) is 0 Å². The number of amidine groups is 1. The van der Waals surface area contributed by atoms with Gasteiger partial charge < -0.3 is 19.7 Å². The second kappa shape index (κ2) is 6.28. The van der Waals surface area contributed by atoms with E-state index in [2.05, 4.69) is 16.9 Å². The minimum absolute atomic E-state index is 0.157. The van der Waals surface area contributed by atoms with E-state index < -0.39 is 0 Å². The number of aryl methyl sites for hydroxylation is 2. The normalized spacial score (nSPS) is 15.4. The van der Waals surface area contributed by atoms with Crippen molar-refractivity contribution in [1.29, 1.82) is 5.41 Å². The molecule has 128 valence electrons. The molecular formula is C18H24N4O2. The molecule has 1 aromatic carbocycles. The van der Waals surface area contributed by atoms with Crippen molar-refractivity contribution in [2.24, 2.45) is 0 Å². The first-order valence-electron chi connectivity index (χ1n) is 8.21. The number of fused-ring (bicyclic) bond motifs is 1. The van der Waals surface area contributed by atoms with Gasteiger partial charge in [-0.25, -0.2) is 4.98 Å². The average Bonchev–Trinajstić information content (AvgIpc) is 3.00. The van der Waals surface area contributed by atoms with Crippen molar-refractivity contribution in [3.8, 4) is 0 Å². The summed E-state index contributed by atoms with van der Waals surface area (Å²) in [4.78, 5) is 9.60. The Morgan fingerprint density at radius 3 is 2.75 bits per heavy atom. The third-order valence-corrected chi connectivity index (χ3v) is 4.33. The summed E-state index contributed by atoms with van der Waals surface area (Å²) in [5.41, 5.74) is 4.61. The molecule has 0 saturated carbocycles. The van der Waals surface area contributed by atoms with Crippen molar-refractivity contribution in [2.75, 3.05) is 19.7 Å². The monoisotopic (exact) mass is 328 g/mol. The molecule has 1 aromatic heterocycles. The zero-order chi connectivity index (χ0) is 17.4. The highest BCUT2D eigenvalue weighted by Crippen LogP contribution is 2.27. The Morgan fingerprint density at radius 1 is 1.33 bits per heavy atom. The number of aliphatic hydroxyl groups excluding tert-OH is 1. The third-order valence-electron chi connectivity index (χ3n) is 4.33. The highest BCUT2D eigenvalue weighted by Gasteiger charge is 2.30. The Bertz CT molecular complexity index is 781. The fraction of sp³-hybridized carbons (Fsp3) is 0.444. The Morgan fingerprint density at radius 2 is 2.04 bits per heavy atom. The number of nitrogens with one attached hydrogen (secondary N) is 2. The van der Waals surface area contributed by atoms with Gasteiger partial charge >= 0.3 is 0 Å². The lowest BCUT2D eigenvalue weighted by atomic mass is 10.1. The molecular weight excluding hydrogens is 304 g/mol. The van der Waals surface area contributed by atoms with Gasteiger partial charge in [0.2, 0.25) is 0 Å². The number of nitrogens with zero attached hydrogens (tertiary/aromatic N) is 2. The number of hydrogen-bond donors (Lipinski definition) is 3. The van der Waals surface area contributed by atoms with Crippen LogP contribution in [0.2, 0.25) is 0 Å².